The molecule has 1 heteroatoms. The number of hydrogen-bond donors (Lipinski definition) is 0. The molecule has 1 aliphatic carbocycles. The van der Waals surface area contributed by atoms with Gasteiger partial charge in [-0.25, -0.2) is 0 Å². The molecular weight excluding hydrogens is 208 g/mol. The van der Waals surface area contributed by atoms with Gasteiger partial charge in [-0.1, -0.05) is 26.0 Å². The maximum Gasteiger partial charge on any atom is 0.159 e. The van der Waals surface area contributed by atoms with Gasteiger partial charge in [-0.3, -0.25) is 4.79 Å². The Labute approximate surface area is 104 Å². The zero-order valence-corrected chi connectivity index (χ0v) is 11.0. The molecule has 0 unspecified atom stereocenters. The summed E-state index contributed by atoms with van der Waals surface area (Å²) in [6.07, 6.45) is 3.84. The molecule has 2 rings (SSSR count). The van der Waals surface area contributed by atoms with Crippen molar-refractivity contribution in [1.29, 1.82) is 0 Å². The van der Waals surface area contributed by atoms with E-state index in [4.69, 9.17) is 0 Å². The average Bonchev–Trinajstić information content (AvgIpc) is 2.32. The summed E-state index contributed by atoms with van der Waals surface area (Å²) in [5.74, 6) is 6.43. The summed E-state index contributed by atoms with van der Waals surface area (Å²) >= 11 is 0. The molecule has 0 heterocycles. The van der Waals surface area contributed by atoms with Gasteiger partial charge in [-0.15, -0.1) is 11.8 Å². The molecule has 1 aromatic carbocycles. The Balaban J connectivity index is 0.000000686. The summed E-state index contributed by atoms with van der Waals surface area (Å²) in [6.45, 7) is 5.62. The molecule has 0 atom stereocenters. The first kappa shape index (κ1) is 13.5. The Hall–Kier alpha value is -1.55. The first-order chi connectivity index (χ1) is 8.27. The minimum absolute atomic E-state index is 0.144. The SMILES string of the molecule is CC.CC(=O)c1ccc2c(c1)CCC#CCC2. The number of hydrogen-bond acceptors (Lipinski definition) is 1. The summed E-state index contributed by atoms with van der Waals surface area (Å²) in [6, 6.07) is 6.04. The zero-order chi connectivity index (χ0) is 12.7. The van der Waals surface area contributed by atoms with Gasteiger partial charge in [0.25, 0.3) is 0 Å². The molecule has 0 N–H and O–H groups in total. The van der Waals surface area contributed by atoms with E-state index in [1.807, 2.05) is 26.0 Å². The largest absolute Gasteiger partial charge is 0.295 e. The highest BCUT2D eigenvalue weighted by Crippen LogP contribution is 2.17. The highest BCUT2D eigenvalue weighted by atomic mass is 16.1. The Kier molecular flexibility index (Phi) is 5.49. The number of fused-ring (bicyclic) bond motifs is 1. The predicted octanol–water partition coefficient (Wildman–Crippen LogP) is 3.80. The van der Waals surface area contributed by atoms with Crippen LogP contribution >= 0.6 is 0 Å². The van der Waals surface area contributed by atoms with Crippen molar-refractivity contribution in [1.82, 2.24) is 0 Å². The molecule has 1 aromatic rings. The van der Waals surface area contributed by atoms with Crippen molar-refractivity contribution >= 4 is 5.78 Å². The van der Waals surface area contributed by atoms with Crippen molar-refractivity contribution < 1.29 is 4.79 Å². The van der Waals surface area contributed by atoms with Crippen molar-refractivity contribution in [2.45, 2.75) is 46.5 Å². The molecule has 0 aliphatic heterocycles. The molecule has 17 heavy (non-hydrogen) atoms. The number of carbonyl (C=O) groups is 1. The zero-order valence-electron chi connectivity index (χ0n) is 11.0. The highest BCUT2D eigenvalue weighted by molar-refractivity contribution is 5.94. The van der Waals surface area contributed by atoms with Gasteiger partial charge in [0.1, 0.15) is 0 Å². The fourth-order valence-electron chi connectivity index (χ4n) is 1.89. The van der Waals surface area contributed by atoms with Crippen LogP contribution in [0.25, 0.3) is 0 Å². The maximum absolute atomic E-state index is 11.3. The van der Waals surface area contributed by atoms with Crippen LogP contribution in [-0.4, -0.2) is 5.78 Å². The predicted molar refractivity (Wildman–Crippen MR) is 72.2 cm³/mol. The number of benzene rings is 1. The third-order valence-corrected chi connectivity index (χ3v) is 2.78. The lowest BCUT2D eigenvalue weighted by Crippen LogP contribution is -2.00. The molecule has 0 radical (unpaired) electrons. The highest BCUT2D eigenvalue weighted by Gasteiger charge is 2.07. The number of ketones is 1. The molecule has 0 saturated carbocycles. The molecule has 1 aliphatic rings. The maximum atomic E-state index is 11.3. The van der Waals surface area contributed by atoms with E-state index in [-0.39, 0.29) is 5.78 Å². The summed E-state index contributed by atoms with van der Waals surface area (Å²) in [5, 5.41) is 0. The number of rotatable bonds is 1. The number of carbonyl (C=O) groups excluding carboxylic acids is 1. The van der Waals surface area contributed by atoms with Crippen molar-refractivity contribution in [3.8, 4) is 11.8 Å². The molecule has 1 nitrogen and oxygen atoms in total. The van der Waals surface area contributed by atoms with Crippen LogP contribution in [0, 0.1) is 11.8 Å². The Bertz CT molecular complexity index is 446. The normalized spacial score (nSPS) is 12.9. The standard InChI is InChI=1S/C14H14O.C2H6/c1-11(15)13-9-8-12-6-4-2-3-5-7-14(12)10-13;1-2/h8-10H,4-7H2,1H3;1-2H3. The fourth-order valence-corrected chi connectivity index (χ4v) is 1.89. The minimum Gasteiger partial charge on any atom is -0.295 e. The monoisotopic (exact) mass is 228 g/mol. The molecule has 90 valence electrons. The molecule has 0 amide bonds. The van der Waals surface area contributed by atoms with Gasteiger partial charge in [0.05, 0.1) is 0 Å². The lowest BCUT2D eigenvalue weighted by molar-refractivity contribution is 0.101. The fraction of sp³-hybridized carbons (Fsp3) is 0.438. The van der Waals surface area contributed by atoms with E-state index in [0.29, 0.717) is 0 Å². The van der Waals surface area contributed by atoms with E-state index in [0.717, 1.165) is 31.2 Å². The number of Topliss-reactive ketones (excluding diaryl/α,β-unsaturated/α-hetero) is 1. The number of aryl methyl sites for hydroxylation is 2. The van der Waals surface area contributed by atoms with Crippen molar-refractivity contribution in [2.75, 3.05) is 0 Å². The van der Waals surface area contributed by atoms with Gasteiger partial charge < -0.3 is 0 Å². The van der Waals surface area contributed by atoms with Crippen LogP contribution in [0.1, 0.15) is 55.1 Å². The molecule has 0 fully saturated rings. The third kappa shape index (κ3) is 3.75. The Morgan fingerprint density at radius 3 is 2.24 bits per heavy atom. The van der Waals surface area contributed by atoms with E-state index in [9.17, 15) is 4.79 Å². The summed E-state index contributed by atoms with van der Waals surface area (Å²) < 4.78 is 0. The van der Waals surface area contributed by atoms with Crippen LogP contribution < -0.4 is 0 Å². The van der Waals surface area contributed by atoms with Crippen LogP contribution in [0.2, 0.25) is 0 Å². The van der Waals surface area contributed by atoms with Crippen LogP contribution in [0.3, 0.4) is 0 Å². The average molecular weight is 228 g/mol. The lowest BCUT2D eigenvalue weighted by Gasteiger charge is -2.10. The van der Waals surface area contributed by atoms with Gasteiger partial charge in [0.15, 0.2) is 5.78 Å². The van der Waals surface area contributed by atoms with Crippen molar-refractivity contribution in [3.63, 3.8) is 0 Å². The second-order valence-electron chi connectivity index (χ2n) is 3.89. The van der Waals surface area contributed by atoms with E-state index < -0.39 is 0 Å². The van der Waals surface area contributed by atoms with Gasteiger partial charge in [0.2, 0.25) is 0 Å². The molecule has 0 saturated heterocycles. The van der Waals surface area contributed by atoms with Crippen molar-refractivity contribution in [2.24, 2.45) is 0 Å². The van der Waals surface area contributed by atoms with Crippen LogP contribution in [-0.2, 0) is 12.8 Å². The third-order valence-electron chi connectivity index (χ3n) is 2.78. The first-order valence-electron chi connectivity index (χ1n) is 6.36. The molecule has 0 spiro atoms. The van der Waals surface area contributed by atoms with Crippen LogP contribution in [0.4, 0.5) is 0 Å². The van der Waals surface area contributed by atoms with Gasteiger partial charge in [-0.05, 0) is 37.0 Å². The van der Waals surface area contributed by atoms with E-state index in [1.165, 1.54) is 11.1 Å². The summed E-state index contributed by atoms with van der Waals surface area (Å²) in [5.41, 5.74) is 3.48. The van der Waals surface area contributed by atoms with E-state index in [2.05, 4.69) is 17.9 Å². The van der Waals surface area contributed by atoms with Crippen LogP contribution in [0.5, 0.6) is 0 Å². The molecule has 0 aromatic heterocycles. The van der Waals surface area contributed by atoms with Crippen molar-refractivity contribution in [3.05, 3.63) is 34.9 Å². The molecule has 0 bridgehead atoms. The molecular formula is C16H20O. The lowest BCUT2D eigenvalue weighted by atomic mass is 9.94. The Morgan fingerprint density at radius 1 is 1.06 bits per heavy atom. The summed E-state index contributed by atoms with van der Waals surface area (Å²) in [7, 11) is 0. The second kappa shape index (κ2) is 6.91. The minimum atomic E-state index is 0.144. The van der Waals surface area contributed by atoms with Gasteiger partial charge in [0, 0.05) is 18.4 Å². The first-order valence-corrected chi connectivity index (χ1v) is 6.36. The topological polar surface area (TPSA) is 17.1 Å². The van der Waals surface area contributed by atoms with Crippen LogP contribution in [0.15, 0.2) is 18.2 Å². The Morgan fingerprint density at radius 2 is 1.65 bits per heavy atom. The quantitative estimate of drug-likeness (QED) is 0.528. The summed E-state index contributed by atoms with van der Waals surface area (Å²) in [4.78, 5) is 11.3. The van der Waals surface area contributed by atoms with E-state index >= 15 is 0 Å². The van der Waals surface area contributed by atoms with Gasteiger partial charge >= 0.3 is 0 Å². The second-order valence-corrected chi connectivity index (χ2v) is 3.89. The van der Waals surface area contributed by atoms with E-state index in [1.54, 1.807) is 6.92 Å². The smallest absolute Gasteiger partial charge is 0.159 e. The van der Waals surface area contributed by atoms with Gasteiger partial charge in [-0.2, -0.15) is 0 Å².